The first kappa shape index (κ1) is 13.0. The number of hydrogen-bond donors (Lipinski definition) is 2. The van der Waals surface area contributed by atoms with Gasteiger partial charge in [0.15, 0.2) is 6.04 Å². The van der Waals surface area contributed by atoms with E-state index in [0.29, 0.717) is 17.1 Å². The second kappa shape index (κ2) is 5.07. The summed E-state index contributed by atoms with van der Waals surface area (Å²) in [4.78, 5) is 26.8. The zero-order valence-corrected chi connectivity index (χ0v) is 10.5. The Labute approximate surface area is 109 Å². The molecule has 0 saturated heterocycles. The number of carbonyl (C=O) groups excluding carboxylic acids is 2. The number of nitrogens with zero attached hydrogens (tertiary/aromatic N) is 1. The molecular formula is C12H13N3O4. The molecular weight excluding hydrogens is 250 g/mol. The van der Waals surface area contributed by atoms with Crippen molar-refractivity contribution in [3.05, 3.63) is 23.8 Å². The fourth-order valence-electron chi connectivity index (χ4n) is 1.64. The van der Waals surface area contributed by atoms with Crippen molar-refractivity contribution in [2.24, 2.45) is 10.7 Å². The Hall–Kier alpha value is -2.41. The van der Waals surface area contributed by atoms with Gasteiger partial charge in [-0.1, -0.05) is 0 Å². The molecule has 1 heterocycles. The molecule has 1 unspecified atom stereocenters. The van der Waals surface area contributed by atoms with Gasteiger partial charge >= 0.3 is 0 Å². The number of nitrogens with two attached hydrogens (primary N) is 1. The Balaban J connectivity index is 2.49. The number of amides is 2. The van der Waals surface area contributed by atoms with Crippen molar-refractivity contribution < 1.29 is 19.1 Å². The largest absolute Gasteiger partial charge is 0.497 e. The van der Waals surface area contributed by atoms with Crippen LogP contribution in [0.1, 0.15) is 5.56 Å². The van der Waals surface area contributed by atoms with E-state index in [9.17, 15) is 9.59 Å². The van der Waals surface area contributed by atoms with Gasteiger partial charge in [-0.05, 0) is 18.2 Å². The van der Waals surface area contributed by atoms with Crippen LogP contribution in [-0.4, -0.2) is 37.9 Å². The molecule has 1 aromatic rings. The van der Waals surface area contributed by atoms with Crippen LogP contribution in [0.3, 0.4) is 0 Å². The van der Waals surface area contributed by atoms with Crippen molar-refractivity contribution in [2.45, 2.75) is 6.04 Å². The molecule has 0 aromatic heterocycles. The summed E-state index contributed by atoms with van der Waals surface area (Å²) < 4.78 is 10.3. The number of rotatable bonds is 3. The van der Waals surface area contributed by atoms with Crippen LogP contribution in [0.25, 0.3) is 0 Å². The maximum absolute atomic E-state index is 11.5. The summed E-state index contributed by atoms with van der Waals surface area (Å²) in [6.45, 7) is 0. The molecule has 1 atom stereocenters. The molecule has 1 aliphatic heterocycles. The summed E-state index contributed by atoms with van der Waals surface area (Å²) in [6.07, 6.45) is 0. The van der Waals surface area contributed by atoms with Crippen molar-refractivity contribution >= 4 is 17.6 Å². The SMILES string of the molecule is COc1ccc(OC)c(C2=NC(=O)C(N)C(=O)N2)c1. The first-order valence-electron chi connectivity index (χ1n) is 5.48. The maximum atomic E-state index is 11.5. The van der Waals surface area contributed by atoms with Crippen LogP contribution >= 0.6 is 0 Å². The topological polar surface area (TPSA) is 103 Å². The zero-order chi connectivity index (χ0) is 14.0. The lowest BCUT2D eigenvalue weighted by molar-refractivity contribution is -0.129. The van der Waals surface area contributed by atoms with E-state index in [1.54, 1.807) is 18.2 Å². The van der Waals surface area contributed by atoms with Crippen LogP contribution in [0.15, 0.2) is 23.2 Å². The van der Waals surface area contributed by atoms with E-state index in [1.807, 2.05) is 0 Å². The highest BCUT2D eigenvalue weighted by Gasteiger charge is 2.29. The van der Waals surface area contributed by atoms with Gasteiger partial charge in [0.1, 0.15) is 17.3 Å². The van der Waals surface area contributed by atoms with Crippen molar-refractivity contribution in [3.63, 3.8) is 0 Å². The second-order valence-electron chi connectivity index (χ2n) is 3.83. The standard InChI is InChI=1S/C12H13N3O4/c1-18-6-3-4-8(19-2)7(5-6)10-14-11(16)9(13)12(17)15-10/h3-5,9H,13H2,1-2H3,(H,14,15,16,17). The van der Waals surface area contributed by atoms with Gasteiger partial charge in [0, 0.05) is 0 Å². The smallest absolute Gasteiger partial charge is 0.274 e. The molecule has 100 valence electrons. The number of aliphatic imine (C=N–C) groups is 1. The van der Waals surface area contributed by atoms with Crippen LogP contribution in [-0.2, 0) is 9.59 Å². The maximum Gasteiger partial charge on any atom is 0.274 e. The van der Waals surface area contributed by atoms with Crippen LogP contribution in [0.5, 0.6) is 11.5 Å². The molecule has 3 N–H and O–H groups in total. The van der Waals surface area contributed by atoms with E-state index in [4.69, 9.17) is 15.2 Å². The fraction of sp³-hybridized carbons (Fsp3) is 0.250. The molecule has 0 spiro atoms. The summed E-state index contributed by atoms with van der Waals surface area (Å²) in [5.74, 6) is -0.172. The normalized spacial score (nSPS) is 18.7. The average molecular weight is 263 g/mol. The molecule has 7 nitrogen and oxygen atoms in total. The molecule has 0 fully saturated rings. The molecule has 0 aliphatic carbocycles. The van der Waals surface area contributed by atoms with E-state index >= 15 is 0 Å². The van der Waals surface area contributed by atoms with Gasteiger partial charge in [0.05, 0.1) is 19.8 Å². The third-order valence-corrected chi connectivity index (χ3v) is 2.67. The van der Waals surface area contributed by atoms with Gasteiger partial charge < -0.3 is 20.5 Å². The summed E-state index contributed by atoms with van der Waals surface area (Å²) in [6, 6.07) is 3.70. The average Bonchev–Trinajstić information content (AvgIpc) is 2.43. The number of nitrogens with one attached hydrogen (secondary N) is 1. The number of hydrogen-bond acceptors (Lipinski definition) is 5. The Morgan fingerprint density at radius 1 is 1.26 bits per heavy atom. The van der Waals surface area contributed by atoms with Crippen LogP contribution < -0.4 is 20.5 Å². The van der Waals surface area contributed by atoms with E-state index in [1.165, 1.54) is 14.2 Å². The summed E-state index contributed by atoms with van der Waals surface area (Å²) >= 11 is 0. The molecule has 0 bridgehead atoms. The lowest BCUT2D eigenvalue weighted by atomic mass is 10.1. The van der Waals surface area contributed by atoms with Gasteiger partial charge in [0.2, 0.25) is 0 Å². The van der Waals surface area contributed by atoms with Crippen LogP contribution in [0.2, 0.25) is 0 Å². The van der Waals surface area contributed by atoms with Gasteiger partial charge in [-0.25, -0.2) is 0 Å². The van der Waals surface area contributed by atoms with Gasteiger partial charge in [-0.2, -0.15) is 4.99 Å². The lowest BCUT2D eigenvalue weighted by Gasteiger charge is -2.19. The Kier molecular flexibility index (Phi) is 3.48. The number of carbonyl (C=O) groups is 2. The zero-order valence-electron chi connectivity index (χ0n) is 10.5. The minimum atomic E-state index is -1.26. The molecule has 19 heavy (non-hydrogen) atoms. The second-order valence-corrected chi connectivity index (χ2v) is 3.83. The molecule has 1 aliphatic rings. The monoisotopic (exact) mass is 263 g/mol. The molecule has 2 amide bonds. The van der Waals surface area contributed by atoms with Crippen molar-refractivity contribution in [3.8, 4) is 11.5 Å². The first-order chi connectivity index (χ1) is 9.06. The molecule has 1 aromatic carbocycles. The first-order valence-corrected chi connectivity index (χ1v) is 5.48. The highest BCUT2D eigenvalue weighted by molar-refractivity contribution is 6.23. The summed E-state index contributed by atoms with van der Waals surface area (Å²) in [5.41, 5.74) is 5.82. The van der Waals surface area contributed by atoms with Gasteiger partial charge in [-0.15, -0.1) is 0 Å². The Morgan fingerprint density at radius 2 is 2.00 bits per heavy atom. The Bertz CT molecular complexity index is 568. The summed E-state index contributed by atoms with van der Waals surface area (Å²) in [7, 11) is 2.98. The van der Waals surface area contributed by atoms with Gasteiger partial charge in [0.25, 0.3) is 11.8 Å². The predicted octanol–water partition coefficient (Wildman–Crippen LogP) is -0.566. The highest BCUT2D eigenvalue weighted by Crippen LogP contribution is 2.24. The summed E-state index contributed by atoms with van der Waals surface area (Å²) in [5, 5.41) is 2.47. The van der Waals surface area contributed by atoms with E-state index in [0.717, 1.165) is 0 Å². The number of methoxy groups -OCH3 is 2. The molecule has 0 saturated carbocycles. The Morgan fingerprint density at radius 3 is 2.58 bits per heavy atom. The van der Waals surface area contributed by atoms with Crippen molar-refractivity contribution in [1.29, 1.82) is 0 Å². The van der Waals surface area contributed by atoms with E-state index < -0.39 is 17.9 Å². The van der Waals surface area contributed by atoms with Crippen LogP contribution in [0, 0.1) is 0 Å². The lowest BCUT2D eigenvalue weighted by Crippen LogP contribution is -2.52. The number of amidine groups is 1. The van der Waals surface area contributed by atoms with Crippen molar-refractivity contribution in [2.75, 3.05) is 14.2 Å². The quantitative estimate of drug-likeness (QED) is 0.711. The molecule has 2 rings (SSSR count). The minimum Gasteiger partial charge on any atom is -0.497 e. The minimum absolute atomic E-state index is 0.104. The molecule has 0 radical (unpaired) electrons. The molecule has 7 heteroatoms. The van der Waals surface area contributed by atoms with Crippen LogP contribution in [0.4, 0.5) is 0 Å². The third kappa shape index (κ3) is 2.41. The number of benzene rings is 1. The van der Waals surface area contributed by atoms with Crippen molar-refractivity contribution in [1.82, 2.24) is 5.32 Å². The predicted molar refractivity (Wildman–Crippen MR) is 67.2 cm³/mol. The fourth-order valence-corrected chi connectivity index (χ4v) is 1.64. The van der Waals surface area contributed by atoms with E-state index in [-0.39, 0.29) is 5.84 Å². The number of ether oxygens (including phenoxy) is 2. The highest BCUT2D eigenvalue weighted by atomic mass is 16.5. The van der Waals surface area contributed by atoms with Gasteiger partial charge in [-0.3, -0.25) is 9.59 Å². The van der Waals surface area contributed by atoms with E-state index in [2.05, 4.69) is 10.3 Å². The third-order valence-electron chi connectivity index (χ3n) is 2.67.